The van der Waals surface area contributed by atoms with Crippen molar-refractivity contribution in [2.24, 2.45) is 0 Å². The van der Waals surface area contributed by atoms with Gasteiger partial charge in [-0.1, -0.05) is 18.2 Å². The van der Waals surface area contributed by atoms with Crippen LogP contribution in [0.25, 0.3) is 0 Å². The number of fused-ring (bicyclic) bond motifs is 1. The number of hydrogen-bond acceptors (Lipinski definition) is 6. The topological polar surface area (TPSA) is 86.3 Å². The van der Waals surface area contributed by atoms with Crippen molar-refractivity contribution in [3.63, 3.8) is 0 Å². The molecule has 1 heterocycles. The lowest BCUT2D eigenvalue weighted by atomic mass is 9.79. The zero-order valence-electron chi connectivity index (χ0n) is 20.3. The smallest absolute Gasteiger partial charge is 0.254 e. The highest BCUT2D eigenvalue weighted by Gasteiger charge is 2.43. The summed E-state index contributed by atoms with van der Waals surface area (Å²) in [5.74, 6) is 0.949. The molecule has 1 aliphatic rings. The monoisotopic (exact) mass is 476 g/mol. The number of rotatable bonds is 7. The molecule has 4 rings (SSSR count). The quantitative estimate of drug-likeness (QED) is 0.548. The van der Waals surface area contributed by atoms with Crippen molar-refractivity contribution in [2.75, 3.05) is 40.8 Å². The molecule has 0 unspecified atom stereocenters. The molecule has 3 aromatic carbocycles. The molecule has 0 bridgehead atoms. The second-order valence-corrected chi connectivity index (χ2v) is 8.13. The number of hydrogen-bond donors (Lipinski definition) is 1. The molecule has 0 aliphatic carbocycles. The average molecular weight is 477 g/mol. The van der Waals surface area contributed by atoms with Crippen molar-refractivity contribution < 1.29 is 28.5 Å². The van der Waals surface area contributed by atoms with Crippen molar-refractivity contribution in [3.8, 4) is 23.0 Å². The largest absolute Gasteiger partial charge is 0.497 e. The summed E-state index contributed by atoms with van der Waals surface area (Å²) in [5.41, 5.74) is 2.34. The summed E-state index contributed by atoms with van der Waals surface area (Å²) in [4.78, 5) is 28.9. The van der Waals surface area contributed by atoms with Crippen LogP contribution in [0.3, 0.4) is 0 Å². The molecule has 8 nitrogen and oxygen atoms in total. The molecule has 2 atom stereocenters. The van der Waals surface area contributed by atoms with Gasteiger partial charge in [-0.3, -0.25) is 9.59 Å². The Morgan fingerprint density at radius 1 is 0.829 bits per heavy atom. The maximum Gasteiger partial charge on any atom is 0.254 e. The van der Waals surface area contributed by atoms with Crippen LogP contribution >= 0.6 is 0 Å². The van der Waals surface area contributed by atoms with Crippen LogP contribution in [0.2, 0.25) is 0 Å². The first-order chi connectivity index (χ1) is 16.9. The first kappa shape index (κ1) is 23.9. The van der Waals surface area contributed by atoms with Crippen LogP contribution < -0.4 is 24.3 Å². The van der Waals surface area contributed by atoms with Crippen molar-refractivity contribution in [1.29, 1.82) is 0 Å². The molecule has 1 N–H and O–H groups in total. The Bertz CT molecular complexity index is 1240. The van der Waals surface area contributed by atoms with Crippen molar-refractivity contribution >= 4 is 17.5 Å². The van der Waals surface area contributed by atoms with Gasteiger partial charge in [-0.15, -0.1) is 0 Å². The van der Waals surface area contributed by atoms with Gasteiger partial charge in [0, 0.05) is 24.4 Å². The zero-order valence-corrected chi connectivity index (χ0v) is 20.3. The van der Waals surface area contributed by atoms with Crippen LogP contribution in [0.15, 0.2) is 60.7 Å². The number of nitrogens with zero attached hydrogens (tertiary/aromatic N) is 1. The van der Waals surface area contributed by atoms with E-state index in [1.165, 1.54) is 14.2 Å². The third-order valence-electron chi connectivity index (χ3n) is 6.25. The molecule has 1 aliphatic heterocycles. The fourth-order valence-corrected chi connectivity index (χ4v) is 4.47. The number of methoxy groups -OCH3 is 4. The molecule has 8 heteroatoms. The second-order valence-electron chi connectivity index (χ2n) is 8.13. The highest BCUT2D eigenvalue weighted by molar-refractivity contribution is 6.05. The van der Waals surface area contributed by atoms with Gasteiger partial charge in [-0.25, -0.2) is 0 Å². The van der Waals surface area contributed by atoms with Crippen molar-refractivity contribution in [3.05, 3.63) is 77.4 Å². The number of anilines is 1. The summed E-state index contributed by atoms with van der Waals surface area (Å²) < 4.78 is 21.5. The van der Waals surface area contributed by atoms with Crippen LogP contribution in [-0.2, 0) is 4.79 Å². The Morgan fingerprint density at radius 3 is 2.11 bits per heavy atom. The van der Waals surface area contributed by atoms with Gasteiger partial charge < -0.3 is 29.2 Å². The van der Waals surface area contributed by atoms with Crippen LogP contribution in [-0.4, -0.2) is 52.2 Å². The number of amides is 2. The summed E-state index contributed by atoms with van der Waals surface area (Å²) in [6.45, 7) is 0. The Morgan fingerprint density at radius 2 is 1.49 bits per heavy atom. The van der Waals surface area contributed by atoms with E-state index in [9.17, 15) is 9.59 Å². The average Bonchev–Trinajstić information content (AvgIpc) is 2.89. The lowest BCUT2D eigenvalue weighted by Gasteiger charge is -2.40. The van der Waals surface area contributed by atoms with Crippen LogP contribution in [0.1, 0.15) is 33.4 Å². The predicted octanol–water partition coefficient (Wildman–Crippen LogP) is 4.27. The van der Waals surface area contributed by atoms with Gasteiger partial charge in [0.2, 0.25) is 5.91 Å². The number of carbonyl (C=O) groups is 2. The van der Waals surface area contributed by atoms with E-state index < -0.39 is 12.0 Å². The van der Waals surface area contributed by atoms with Crippen molar-refractivity contribution in [1.82, 2.24) is 4.90 Å². The molecule has 0 aromatic heterocycles. The number of likely N-dealkylation sites (N-methyl/N-ethyl adjacent to an activating group) is 1. The highest BCUT2D eigenvalue weighted by Crippen LogP contribution is 2.46. The molecule has 0 radical (unpaired) electrons. The summed E-state index contributed by atoms with van der Waals surface area (Å²) in [6.07, 6.45) is 0. The number of nitrogens with one attached hydrogen (secondary N) is 1. The van der Waals surface area contributed by atoms with Gasteiger partial charge in [-0.05, 0) is 47.5 Å². The standard InChI is InChI=1S/C27H28N2O6/c1-29-25(16-9-11-18(32-2)12-10-16)24(26(30)28-17-7-6-8-19(13-17)33-3)20-14-22(34-4)23(35-5)15-21(20)27(29)31/h6-15,24-25H,1-5H3,(H,28,30)/t24-,25+/m1/s1. The number of ether oxygens (including phenoxy) is 4. The van der Waals surface area contributed by atoms with Gasteiger partial charge in [-0.2, -0.15) is 0 Å². The van der Waals surface area contributed by atoms with Crippen LogP contribution in [0, 0.1) is 0 Å². The lowest BCUT2D eigenvalue weighted by Crippen LogP contribution is -2.44. The molecular formula is C27H28N2O6. The van der Waals surface area contributed by atoms with E-state index >= 15 is 0 Å². The van der Waals surface area contributed by atoms with E-state index in [1.807, 2.05) is 24.3 Å². The van der Waals surface area contributed by atoms with Crippen LogP contribution in [0.5, 0.6) is 23.0 Å². The van der Waals surface area contributed by atoms with Gasteiger partial charge in [0.15, 0.2) is 11.5 Å². The molecule has 0 spiro atoms. The Kier molecular flexibility index (Phi) is 6.82. The van der Waals surface area contributed by atoms with Gasteiger partial charge >= 0.3 is 0 Å². The summed E-state index contributed by atoms with van der Waals surface area (Å²) in [6, 6.07) is 17.3. The van der Waals surface area contributed by atoms with E-state index in [0.29, 0.717) is 39.8 Å². The minimum absolute atomic E-state index is 0.216. The molecule has 182 valence electrons. The van der Waals surface area contributed by atoms with E-state index in [-0.39, 0.29) is 11.8 Å². The summed E-state index contributed by atoms with van der Waals surface area (Å²) in [5, 5.41) is 3.00. The molecule has 3 aromatic rings. The lowest BCUT2D eigenvalue weighted by molar-refractivity contribution is -0.119. The van der Waals surface area contributed by atoms with Gasteiger partial charge in [0.25, 0.3) is 5.91 Å². The number of benzene rings is 3. The van der Waals surface area contributed by atoms with E-state index in [2.05, 4.69) is 5.32 Å². The Balaban J connectivity index is 1.86. The first-order valence-corrected chi connectivity index (χ1v) is 11.0. The fraction of sp³-hybridized carbons (Fsp3) is 0.259. The maximum absolute atomic E-state index is 13.9. The summed E-state index contributed by atoms with van der Waals surface area (Å²) >= 11 is 0. The molecule has 0 saturated heterocycles. The fourth-order valence-electron chi connectivity index (χ4n) is 4.47. The summed E-state index contributed by atoms with van der Waals surface area (Å²) in [7, 11) is 7.88. The van der Waals surface area contributed by atoms with Crippen LogP contribution in [0.4, 0.5) is 5.69 Å². The van der Waals surface area contributed by atoms with E-state index in [1.54, 1.807) is 62.6 Å². The first-order valence-electron chi connectivity index (χ1n) is 11.0. The SMILES string of the molecule is COc1ccc([C@H]2[C@H](C(=O)Nc3cccc(OC)c3)c3cc(OC)c(OC)cc3C(=O)N2C)cc1. The normalized spacial score (nSPS) is 16.8. The zero-order chi connectivity index (χ0) is 25.1. The van der Waals surface area contributed by atoms with E-state index in [0.717, 1.165) is 5.56 Å². The molecule has 35 heavy (non-hydrogen) atoms. The second kappa shape index (κ2) is 9.97. The van der Waals surface area contributed by atoms with E-state index in [4.69, 9.17) is 18.9 Å². The minimum atomic E-state index is -0.730. The highest BCUT2D eigenvalue weighted by atomic mass is 16.5. The molecule has 0 saturated carbocycles. The molecule has 2 amide bonds. The van der Waals surface area contributed by atoms with Crippen molar-refractivity contribution in [2.45, 2.75) is 12.0 Å². The van der Waals surface area contributed by atoms with Gasteiger partial charge in [0.1, 0.15) is 11.5 Å². The molecule has 0 fully saturated rings. The Hall–Kier alpha value is -4.20. The minimum Gasteiger partial charge on any atom is -0.497 e. The molecular weight excluding hydrogens is 448 g/mol. The maximum atomic E-state index is 13.9. The van der Waals surface area contributed by atoms with Gasteiger partial charge in [0.05, 0.1) is 40.4 Å². The third-order valence-corrected chi connectivity index (χ3v) is 6.25. The predicted molar refractivity (Wildman–Crippen MR) is 132 cm³/mol. The third kappa shape index (κ3) is 4.47. The number of carbonyl (C=O) groups excluding carboxylic acids is 2. The Labute approximate surface area is 204 Å².